The zero-order chi connectivity index (χ0) is 13.7. The van der Waals surface area contributed by atoms with E-state index in [1.165, 1.54) is 32.1 Å². The van der Waals surface area contributed by atoms with E-state index >= 15 is 0 Å². The zero-order valence-corrected chi connectivity index (χ0v) is 12.2. The molecule has 0 radical (unpaired) electrons. The molecule has 0 aliphatic heterocycles. The second-order valence-corrected chi connectivity index (χ2v) is 6.21. The SMILES string of the molecule is C[C@@H](NCC(C)(O)c1ccccc1)C1CCCCC1. The maximum atomic E-state index is 10.6. The van der Waals surface area contributed by atoms with Crippen LogP contribution in [0.25, 0.3) is 0 Å². The van der Waals surface area contributed by atoms with Crippen LogP contribution >= 0.6 is 0 Å². The fourth-order valence-electron chi connectivity index (χ4n) is 3.06. The lowest BCUT2D eigenvalue weighted by atomic mass is 9.84. The Hall–Kier alpha value is -0.860. The first kappa shape index (κ1) is 14.5. The van der Waals surface area contributed by atoms with Gasteiger partial charge in [-0.3, -0.25) is 0 Å². The summed E-state index contributed by atoms with van der Waals surface area (Å²) in [4.78, 5) is 0. The molecule has 2 nitrogen and oxygen atoms in total. The fraction of sp³-hybridized carbons (Fsp3) is 0.647. The summed E-state index contributed by atoms with van der Waals surface area (Å²) in [7, 11) is 0. The van der Waals surface area contributed by atoms with Crippen molar-refractivity contribution in [3.8, 4) is 0 Å². The third-order valence-electron chi connectivity index (χ3n) is 4.52. The largest absolute Gasteiger partial charge is 0.384 e. The minimum Gasteiger partial charge on any atom is -0.384 e. The summed E-state index contributed by atoms with van der Waals surface area (Å²) in [6.45, 7) is 4.77. The van der Waals surface area contributed by atoms with E-state index in [0.29, 0.717) is 12.6 Å². The minimum absolute atomic E-state index is 0.496. The molecular formula is C17H27NO. The Morgan fingerprint density at radius 2 is 1.84 bits per heavy atom. The van der Waals surface area contributed by atoms with Gasteiger partial charge in [0.05, 0.1) is 5.60 Å². The maximum absolute atomic E-state index is 10.6. The Kier molecular flexibility index (Phi) is 5.00. The average molecular weight is 261 g/mol. The van der Waals surface area contributed by atoms with Crippen LogP contribution in [-0.4, -0.2) is 17.7 Å². The predicted octanol–water partition coefficient (Wildman–Crippen LogP) is 3.45. The van der Waals surface area contributed by atoms with Gasteiger partial charge in [-0.25, -0.2) is 0 Å². The van der Waals surface area contributed by atoms with Gasteiger partial charge in [0.25, 0.3) is 0 Å². The van der Waals surface area contributed by atoms with Crippen LogP contribution in [0.5, 0.6) is 0 Å². The van der Waals surface area contributed by atoms with E-state index in [4.69, 9.17) is 0 Å². The third-order valence-corrected chi connectivity index (χ3v) is 4.52. The van der Waals surface area contributed by atoms with Crippen molar-refractivity contribution in [2.45, 2.75) is 57.6 Å². The van der Waals surface area contributed by atoms with E-state index in [0.717, 1.165) is 11.5 Å². The smallest absolute Gasteiger partial charge is 0.0992 e. The molecule has 0 spiro atoms. The van der Waals surface area contributed by atoms with Crippen molar-refractivity contribution in [2.75, 3.05) is 6.54 Å². The first-order chi connectivity index (χ1) is 9.09. The minimum atomic E-state index is -0.788. The molecule has 0 saturated heterocycles. The van der Waals surface area contributed by atoms with Crippen LogP contribution in [-0.2, 0) is 5.60 Å². The molecule has 19 heavy (non-hydrogen) atoms. The molecule has 0 heterocycles. The van der Waals surface area contributed by atoms with E-state index in [1.54, 1.807) is 0 Å². The van der Waals surface area contributed by atoms with Gasteiger partial charge >= 0.3 is 0 Å². The summed E-state index contributed by atoms with van der Waals surface area (Å²) in [6.07, 6.45) is 6.80. The molecule has 1 aliphatic rings. The Labute approximate surface area is 117 Å². The highest BCUT2D eigenvalue weighted by Crippen LogP contribution is 2.27. The summed E-state index contributed by atoms with van der Waals surface area (Å²) in [5.74, 6) is 0.778. The third kappa shape index (κ3) is 4.05. The highest BCUT2D eigenvalue weighted by atomic mass is 16.3. The van der Waals surface area contributed by atoms with Gasteiger partial charge in [-0.15, -0.1) is 0 Å². The van der Waals surface area contributed by atoms with Crippen molar-refractivity contribution < 1.29 is 5.11 Å². The van der Waals surface area contributed by atoms with Crippen molar-refractivity contribution in [3.05, 3.63) is 35.9 Å². The molecule has 1 aliphatic carbocycles. The summed E-state index contributed by atoms with van der Waals surface area (Å²) >= 11 is 0. The normalized spacial score (nSPS) is 21.8. The lowest BCUT2D eigenvalue weighted by Gasteiger charge is -2.32. The van der Waals surface area contributed by atoms with Gasteiger partial charge in [0.2, 0.25) is 0 Å². The number of benzene rings is 1. The van der Waals surface area contributed by atoms with Crippen LogP contribution in [0, 0.1) is 5.92 Å². The lowest BCUT2D eigenvalue weighted by Crippen LogP contribution is -2.43. The quantitative estimate of drug-likeness (QED) is 0.851. The fourth-order valence-corrected chi connectivity index (χ4v) is 3.06. The number of nitrogens with one attached hydrogen (secondary N) is 1. The lowest BCUT2D eigenvalue weighted by molar-refractivity contribution is 0.0510. The monoisotopic (exact) mass is 261 g/mol. The Morgan fingerprint density at radius 3 is 2.47 bits per heavy atom. The number of hydrogen-bond donors (Lipinski definition) is 2. The molecule has 0 amide bonds. The second-order valence-electron chi connectivity index (χ2n) is 6.21. The van der Waals surface area contributed by atoms with Gasteiger partial charge in [0, 0.05) is 12.6 Å². The van der Waals surface area contributed by atoms with Crippen LogP contribution in [0.15, 0.2) is 30.3 Å². The van der Waals surface area contributed by atoms with E-state index in [1.807, 2.05) is 37.3 Å². The molecule has 0 aromatic heterocycles. The first-order valence-corrected chi connectivity index (χ1v) is 7.61. The molecule has 2 heteroatoms. The summed E-state index contributed by atoms with van der Waals surface area (Å²) < 4.78 is 0. The summed E-state index contributed by atoms with van der Waals surface area (Å²) in [5, 5.41) is 14.1. The van der Waals surface area contributed by atoms with Crippen molar-refractivity contribution >= 4 is 0 Å². The number of aliphatic hydroxyl groups is 1. The van der Waals surface area contributed by atoms with Gasteiger partial charge in [-0.2, -0.15) is 0 Å². The topological polar surface area (TPSA) is 32.3 Å². The maximum Gasteiger partial charge on any atom is 0.0992 e. The molecule has 106 valence electrons. The van der Waals surface area contributed by atoms with Gasteiger partial charge < -0.3 is 10.4 Å². The first-order valence-electron chi connectivity index (χ1n) is 7.61. The highest BCUT2D eigenvalue weighted by molar-refractivity contribution is 5.21. The molecule has 1 aromatic carbocycles. The van der Waals surface area contributed by atoms with E-state index in [2.05, 4.69) is 12.2 Å². The standard InChI is InChI=1S/C17H27NO/c1-14(15-9-5-3-6-10-15)18-13-17(2,19)16-11-7-4-8-12-16/h4,7-8,11-12,14-15,18-19H,3,5-6,9-10,13H2,1-2H3/t14-,17?/m1/s1. The summed E-state index contributed by atoms with van der Waals surface area (Å²) in [5.41, 5.74) is 0.197. The van der Waals surface area contributed by atoms with Crippen LogP contribution in [0.2, 0.25) is 0 Å². The van der Waals surface area contributed by atoms with Gasteiger partial charge in [0.1, 0.15) is 0 Å². The van der Waals surface area contributed by atoms with Crippen LogP contribution < -0.4 is 5.32 Å². The average Bonchev–Trinajstić information content (AvgIpc) is 2.47. The molecule has 1 fully saturated rings. The van der Waals surface area contributed by atoms with Crippen molar-refractivity contribution in [2.24, 2.45) is 5.92 Å². The number of rotatable bonds is 5. The van der Waals surface area contributed by atoms with Gasteiger partial charge in [-0.1, -0.05) is 49.6 Å². The molecule has 2 N–H and O–H groups in total. The van der Waals surface area contributed by atoms with E-state index in [9.17, 15) is 5.11 Å². The van der Waals surface area contributed by atoms with E-state index < -0.39 is 5.60 Å². The van der Waals surface area contributed by atoms with Crippen molar-refractivity contribution in [3.63, 3.8) is 0 Å². The van der Waals surface area contributed by atoms with Crippen molar-refractivity contribution in [1.29, 1.82) is 0 Å². The van der Waals surface area contributed by atoms with Crippen LogP contribution in [0.3, 0.4) is 0 Å². The molecule has 0 bridgehead atoms. The Bertz CT molecular complexity index is 368. The van der Waals surface area contributed by atoms with Gasteiger partial charge in [0.15, 0.2) is 0 Å². The summed E-state index contributed by atoms with van der Waals surface area (Å²) in [6, 6.07) is 10.4. The molecule has 2 rings (SSSR count). The van der Waals surface area contributed by atoms with E-state index in [-0.39, 0.29) is 0 Å². The van der Waals surface area contributed by atoms with Crippen LogP contribution in [0.1, 0.15) is 51.5 Å². The molecule has 2 atom stereocenters. The highest BCUT2D eigenvalue weighted by Gasteiger charge is 2.26. The Balaban J connectivity index is 1.86. The molecule has 1 saturated carbocycles. The predicted molar refractivity (Wildman–Crippen MR) is 80.1 cm³/mol. The molecule has 1 aromatic rings. The molecule has 1 unspecified atom stereocenters. The van der Waals surface area contributed by atoms with Crippen LogP contribution in [0.4, 0.5) is 0 Å². The zero-order valence-electron chi connectivity index (χ0n) is 12.2. The molecular weight excluding hydrogens is 234 g/mol. The number of hydrogen-bond acceptors (Lipinski definition) is 2. The van der Waals surface area contributed by atoms with Crippen molar-refractivity contribution in [1.82, 2.24) is 5.32 Å². The Morgan fingerprint density at radius 1 is 1.21 bits per heavy atom. The van der Waals surface area contributed by atoms with Gasteiger partial charge in [-0.05, 0) is 38.2 Å². The second kappa shape index (κ2) is 6.53.